The average molecular weight is 208 g/mol. The largest absolute Gasteiger partial charge is 0.504 e. The molecule has 1 aromatic rings. The molecule has 15 heavy (non-hydrogen) atoms. The smallest absolute Gasteiger partial charge is 0.157 e. The van der Waals surface area contributed by atoms with E-state index in [9.17, 15) is 10.2 Å². The number of hydrogen-bond donors (Lipinski definition) is 2. The lowest BCUT2D eigenvalue weighted by atomic mass is 9.88. The van der Waals surface area contributed by atoms with E-state index in [0.717, 1.165) is 12.0 Å². The van der Waals surface area contributed by atoms with Gasteiger partial charge < -0.3 is 10.2 Å². The number of aromatic hydroxyl groups is 2. The van der Waals surface area contributed by atoms with E-state index in [-0.39, 0.29) is 11.5 Å². The van der Waals surface area contributed by atoms with Gasteiger partial charge in [0.25, 0.3) is 0 Å². The van der Waals surface area contributed by atoms with E-state index < -0.39 is 0 Å². The molecule has 2 heteroatoms. The molecule has 0 amide bonds. The lowest BCUT2D eigenvalue weighted by molar-refractivity contribution is 0.372. The molecule has 2 nitrogen and oxygen atoms in total. The highest BCUT2D eigenvalue weighted by Gasteiger charge is 2.11. The summed E-state index contributed by atoms with van der Waals surface area (Å²) in [5, 5.41) is 18.5. The van der Waals surface area contributed by atoms with Crippen LogP contribution in [0.4, 0.5) is 0 Å². The minimum Gasteiger partial charge on any atom is -0.504 e. The fourth-order valence-electron chi connectivity index (χ4n) is 1.67. The lowest BCUT2D eigenvalue weighted by Crippen LogP contribution is -2.09. The Morgan fingerprint density at radius 1 is 1.07 bits per heavy atom. The second-order valence-electron chi connectivity index (χ2n) is 4.39. The zero-order valence-electron chi connectivity index (χ0n) is 9.70. The Bertz CT molecular complexity index is 320. The number of phenolic OH excluding ortho intramolecular Hbond substituents is 2. The summed E-state index contributed by atoms with van der Waals surface area (Å²) < 4.78 is 0. The van der Waals surface area contributed by atoms with Gasteiger partial charge in [-0.2, -0.15) is 0 Å². The topological polar surface area (TPSA) is 40.5 Å². The molecule has 0 heterocycles. The molecule has 0 aliphatic carbocycles. The van der Waals surface area contributed by atoms with Gasteiger partial charge in [-0.25, -0.2) is 0 Å². The fourth-order valence-corrected chi connectivity index (χ4v) is 1.67. The van der Waals surface area contributed by atoms with Crippen LogP contribution in [0.25, 0.3) is 0 Å². The molecule has 0 aromatic heterocycles. The Hall–Kier alpha value is -1.18. The molecule has 0 saturated heterocycles. The molecule has 0 radical (unpaired) electrons. The maximum Gasteiger partial charge on any atom is 0.157 e. The second kappa shape index (κ2) is 5.06. The van der Waals surface area contributed by atoms with Crippen molar-refractivity contribution < 1.29 is 10.2 Å². The summed E-state index contributed by atoms with van der Waals surface area (Å²) in [4.78, 5) is 0. The van der Waals surface area contributed by atoms with Gasteiger partial charge in [0.15, 0.2) is 11.5 Å². The van der Waals surface area contributed by atoms with Gasteiger partial charge in [0.1, 0.15) is 0 Å². The highest BCUT2D eigenvalue weighted by atomic mass is 16.3. The molecule has 0 fully saturated rings. The van der Waals surface area contributed by atoms with Crippen molar-refractivity contribution in [3.05, 3.63) is 23.8 Å². The molecule has 0 aliphatic heterocycles. The van der Waals surface area contributed by atoms with Crippen LogP contribution < -0.4 is 0 Å². The number of phenols is 2. The third kappa shape index (κ3) is 3.15. The summed E-state index contributed by atoms with van der Waals surface area (Å²) in [5.74, 6) is 1.21. The molecular formula is C13H20O2. The van der Waals surface area contributed by atoms with E-state index in [4.69, 9.17) is 0 Å². The Morgan fingerprint density at radius 3 is 2.27 bits per heavy atom. The van der Waals surface area contributed by atoms with Gasteiger partial charge >= 0.3 is 0 Å². The van der Waals surface area contributed by atoms with Gasteiger partial charge in [0.2, 0.25) is 0 Å². The summed E-state index contributed by atoms with van der Waals surface area (Å²) in [5.41, 5.74) is 1.08. The molecule has 2 unspecified atom stereocenters. The van der Waals surface area contributed by atoms with Crippen LogP contribution in [0.3, 0.4) is 0 Å². The molecule has 84 valence electrons. The summed E-state index contributed by atoms with van der Waals surface area (Å²) in [6.45, 7) is 6.65. The van der Waals surface area contributed by atoms with Gasteiger partial charge in [-0.05, 0) is 36.0 Å². The van der Waals surface area contributed by atoms with Crippen LogP contribution in [0.2, 0.25) is 0 Å². The molecule has 1 aromatic carbocycles. The number of rotatable bonds is 4. The van der Waals surface area contributed by atoms with Crippen molar-refractivity contribution in [3.8, 4) is 11.5 Å². The third-order valence-corrected chi connectivity index (χ3v) is 3.21. The first-order valence-electron chi connectivity index (χ1n) is 5.55. The predicted molar refractivity (Wildman–Crippen MR) is 62.1 cm³/mol. The average Bonchev–Trinajstić information content (AvgIpc) is 2.22. The van der Waals surface area contributed by atoms with E-state index >= 15 is 0 Å². The third-order valence-electron chi connectivity index (χ3n) is 3.21. The molecule has 0 aliphatic rings. The van der Waals surface area contributed by atoms with Crippen LogP contribution in [0.5, 0.6) is 11.5 Å². The van der Waals surface area contributed by atoms with Gasteiger partial charge in [-0.15, -0.1) is 0 Å². The molecule has 0 spiro atoms. The summed E-state index contributed by atoms with van der Waals surface area (Å²) in [6, 6.07) is 5.07. The van der Waals surface area contributed by atoms with Crippen LogP contribution in [0.15, 0.2) is 18.2 Å². The van der Waals surface area contributed by atoms with Crippen LogP contribution in [0, 0.1) is 11.8 Å². The maximum atomic E-state index is 9.36. The van der Waals surface area contributed by atoms with Gasteiger partial charge in [-0.3, -0.25) is 0 Å². The lowest BCUT2D eigenvalue weighted by Gasteiger charge is -2.18. The summed E-state index contributed by atoms with van der Waals surface area (Å²) in [6.07, 6.45) is 2.12. The zero-order chi connectivity index (χ0) is 11.4. The first-order chi connectivity index (χ1) is 7.04. The number of benzene rings is 1. The first kappa shape index (κ1) is 11.9. The predicted octanol–water partition coefficient (Wildman–Crippen LogP) is 3.32. The van der Waals surface area contributed by atoms with E-state index in [1.807, 2.05) is 6.07 Å². The highest BCUT2D eigenvalue weighted by molar-refractivity contribution is 5.40. The highest BCUT2D eigenvalue weighted by Crippen LogP contribution is 2.27. The van der Waals surface area contributed by atoms with Gasteiger partial charge in [-0.1, -0.05) is 33.3 Å². The minimum absolute atomic E-state index is 0.0242. The van der Waals surface area contributed by atoms with Crippen molar-refractivity contribution in [2.75, 3.05) is 0 Å². The van der Waals surface area contributed by atoms with E-state index in [1.54, 1.807) is 12.1 Å². The molecule has 2 N–H and O–H groups in total. The van der Waals surface area contributed by atoms with E-state index in [0.29, 0.717) is 11.8 Å². The van der Waals surface area contributed by atoms with Crippen LogP contribution in [-0.4, -0.2) is 10.2 Å². The zero-order valence-corrected chi connectivity index (χ0v) is 9.70. The van der Waals surface area contributed by atoms with Crippen molar-refractivity contribution in [3.63, 3.8) is 0 Å². The SMILES string of the molecule is CCC(C)C(C)Cc1ccc(O)c(O)c1. The minimum atomic E-state index is -0.0463. The van der Waals surface area contributed by atoms with Crippen molar-refractivity contribution in [1.29, 1.82) is 0 Å². The van der Waals surface area contributed by atoms with Crippen molar-refractivity contribution in [2.24, 2.45) is 11.8 Å². The van der Waals surface area contributed by atoms with Crippen LogP contribution >= 0.6 is 0 Å². The Labute approximate surface area is 91.6 Å². The van der Waals surface area contributed by atoms with E-state index in [1.165, 1.54) is 6.42 Å². The quantitative estimate of drug-likeness (QED) is 0.745. The summed E-state index contributed by atoms with van der Waals surface area (Å²) in [7, 11) is 0. The summed E-state index contributed by atoms with van der Waals surface area (Å²) >= 11 is 0. The first-order valence-corrected chi connectivity index (χ1v) is 5.55. The van der Waals surface area contributed by atoms with Crippen molar-refractivity contribution in [2.45, 2.75) is 33.6 Å². The Kier molecular flexibility index (Phi) is 4.01. The van der Waals surface area contributed by atoms with Crippen LogP contribution in [0.1, 0.15) is 32.8 Å². The second-order valence-corrected chi connectivity index (χ2v) is 4.39. The Balaban J connectivity index is 2.68. The standard InChI is InChI=1S/C13H20O2/c1-4-9(2)10(3)7-11-5-6-12(14)13(15)8-11/h5-6,8-10,14-15H,4,7H2,1-3H3. The van der Waals surface area contributed by atoms with E-state index in [2.05, 4.69) is 20.8 Å². The molecule has 0 saturated carbocycles. The monoisotopic (exact) mass is 208 g/mol. The van der Waals surface area contributed by atoms with Crippen molar-refractivity contribution >= 4 is 0 Å². The normalized spacial score (nSPS) is 14.9. The fraction of sp³-hybridized carbons (Fsp3) is 0.538. The molecule has 1 rings (SSSR count). The van der Waals surface area contributed by atoms with Gasteiger partial charge in [0, 0.05) is 0 Å². The molecule has 2 atom stereocenters. The van der Waals surface area contributed by atoms with Crippen molar-refractivity contribution in [1.82, 2.24) is 0 Å². The van der Waals surface area contributed by atoms with Crippen LogP contribution in [-0.2, 0) is 6.42 Å². The number of hydrogen-bond acceptors (Lipinski definition) is 2. The maximum absolute atomic E-state index is 9.36. The molecular weight excluding hydrogens is 188 g/mol. The molecule has 0 bridgehead atoms. The van der Waals surface area contributed by atoms with Gasteiger partial charge in [0.05, 0.1) is 0 Å². The Morgan fingerprint density at radius 2 is 1.73 bits per heavy atom.